The molecule has 0 spiro atoms. The van der Waals surface area contributed by atoms with Crippen molar-refractivity contribution in [2.75, 3.05) is 6.54 Å². The van der Waals surface area contributed by atoms with Gasteiger partial charge in [-0.3, -0.25) is 0 Å². The summed E-state index contributed by atoms with van der Waals surface area (Å²) >= 11 is 0. The minimum atomic E-state index is -0.620. The Morgan fingerprint density at radius 3 is 2.07 bits per heavy atom. The van der Waals surface area contributed by atoms with Gasteiger partial charge in [0.15, 0.2) is 6.04 Å². The fourth-order valence-corrected chi connectivity index (χ4v) is 3.12. The summed E-state index contributed by atoms with van der Waals surface area (Å²) in [6.45, 7) is 9.58. The molecule has 0 aliphatic carbocycles. The van der Waals surface area contributed by atoms with Crippen LogP contribution in [0.3, 0.4) is 0 Å². The van der Waals surface area contributed by atoms with Crippen molar-refractivity contribution in [3.8, 4) is 0 Å². The van der Waals surface area contributed by atoms with Crippen LogP contribution in [0, 0.1) is 0 Å². The van der Waals surface area contributed by atoms with Crippen molar-refractivity contribution in [1.29, 1.82) is 0 Å². The van der Waals surface area contributed by atoms with E-state index in [1.54, 1.807) is 0 Å². The number of rotatable bonds is 3. The van der Waals surface area contributed by atoms with E-state index in [1.165, 1.54) is 0 Å². The predicted octanol–water partition coefficient (Wildman–Crippen LogP) is 1.87. The average molecular weight is 200 g/mol. The van der Waals surface area contributed by atoms with Crippen LogP contribution in [0.15, 0.2) is 0 Å². The summed E-state index contributed by atoms with van der Waals surface area (Å²) < 4.78 is 0.759. The van der Waals surface area contributed by atoms with Crippen LogP contribution in [-0.4, -0.2) is 40.2 Å². The molecule has 1 aliphatic rings. The van der Waals surface area contributed by atoms with Gasteiger partial charge in [-0.05, 0) is 27.7 Å². The molecule has 0 aromatic carbocycles. The molecule has 1 aliphatic heterocycles. The van der Waals surface area contributed by atoms with Gasteiger partial charge in [0.1, 0.15) is 0 Å². The van der Waals surface area contributed by atoms with Crippen molar-refractivity contribution in [3.63, 3.8) is 0 Å². The molecular weight excluding hydrogens is 178 g/mol. The van der Waals surface area contributed by atoms with Crippen molar-refractivity contribution in [1.82, 2.24) is 0 Å². The molecule has 1 heterocycles. The summed E-state index contributed by atoms with van der Waals surface area (Å²) in [4.78, 5) is 11.2. The number of quaternary nitrogens is 1. The highest BCUT2D eigenvalue weighted by Gasteiger charge is 2.50. The Labute approximate surface area is 86.3 Å². The minimum Gasteiger partial charge on any atom is -0.477 e. The molecule has 3 nitrogen and oxygen atoms in total. The summed E-state index contributed by atoms with van der Waals surface area (Å²) in [5, 5.41) is 9.23. The van der Waals surface area contributed by atoms with Crippen LogP contribution < -0.4 is 0 Å². The van der Waals surface area contributed by atoms with E-state index in [-0.39, 0.29) is 6.04 Å². The van der Waals surface area contributed by atoms with Crippen LogP contribution in [0.5, 0.6) is 0 Å². The zero-order valence-corrected chi connectivity index (χ0v) is 9.66. The summed E-state index contributed by atoms with van der Waals surface area (Å²) in [6, 6.07) is 0.618. The van der Waals surface area contributed by atoms with Crippen molar-refractivity contribution in [2.45, 2.75) is 58.7 Å². The number of carboxylic acids is 1. The first kappa shape index (κ1) is 11.5. The maximum absolute atomic E-state index is 11.2. The van der Waals surface area contributed by atoms with Crippen LogP contribution in [0.2, 0.25) is 0 Å². The van der Waals surface area contributed by atoms with E-state index in [2.05, 4.69) is 27.7 Å². The molecule has 1 N–H and O–H groups in total. The lowest BCUT2D eigenvalue weighted by atomic mass is 10.1. The molecule has 0 amide bonds. The second-order valence-corrected chi connectivity index (χ2v) is 4.90. The van der Waals surface area contributed by atoms with E-state index in [4.69, 9.17) is 0 Å². The Kier molecular flexibility index (Phi) is 3.20. The van der Waals surface area contributed by atoms with E-state index in [0.29, 0.717) is 12.1 Å². The van der Waals surface area contributed by atoms with Crippen molar-refractivity contribution < 1.29 is 14.4 Å². The molecule has 1 unspecified atom stereocenters. The largest absolute Gasteiger partial charge is 0.477 e. The molecule has 0 saturated carbocycles. The summed E-state index contributed by atoms with van der Waals surface area (Å²) in [5.41, 5.74) is 0. The fraction of sp³-hybridized carbons (Fsp3) is 0.909. The summed E-state index contributed by atoms with van der Waals surface area (Å²) in [6.07, 6.45) is 1.89. The topological polar surface area (TPSA) is 37.3 Å². The summed E-state index contributed by atoms with van der Waals surface area (Å²) in [7, 11) is 0. The quantitative estimate of drug-likeness (QED) is 0.706. The molecule has 0 aromatic heterocycles. The summed E-state index contributed by atoms with van der Waals surface area (Å²) in [5.74, 6) is -0.620. The smallest absolute Gasteiger partial charge is 0.362 e. The zero-order chi connectivity index (χ0) is 10.9. The van der Waals surface area contributed by atoms with Crippen molar-refractivity contribution in [2.24, 2.45) is 0 Å². The SMILES string of the molecule is CC(C)[N+]1(C(C)C)CCCC1C(=O)O. The van der Waals surface area contributed by atoms with Gasteiger partial charge in [0.05, 0.1) is 18.6 Å². The van der Waals surface area contributed by atoms with Gasteiger partial charge in [0.25, 0.3) is 0 Å². The van der Waals surface area contributed by atoms with Crippen LogP contribution in [0.1, 0.15) is 40.5 Å². The Balaban J connectivity index is 3.01. The lowest BCUT2D eigenvalue weighted by molar-refractivity contribution is -0.970. The molecule has 14 heavy (non-hydrogen) atoms. The zero-order valence-electron chi connectivity index (χ0n) is 9.66. The van der Waals surface area contributed by atoms with Crippen molar-refractivity contribution >= 4 is 5.97 Å². The molecule has 1 rings (SSSR count). The Morgan fingerprint density at radius 2 is 1.79 bits per heavy atom. The standard InChI is InChI=1S/C11H21NO2/c1-8(2)12(9(3)4)7-5-6-10(12)11(13)14/h8-10H,5-7H2,1-4H3/p+1. The normalized spacial score (nSPS) is 26.0. The average Bonchev–Trinajstić information content (AvgIpc) is 2.47. The number of hydrogen-bond donors (Lipinski definition) is 1. The molecule has 1 atom stereocenters. The number of hydrogen-bond acceptors (Lipinski definition) is 1. The first-order valence-electron chi connectivity index (χ1n) is 5.52. The van der Waals surface area contributed by atoms with Crippen LogP contribution >= 0.6 is 0 Å². The number of likely N-dealkylation sites (tertiary alicyclic amines) is 1. The molecule has 3 heteroatoms. The minimum absolute atomic E-state index is 0.185. The maximum Gasteiger partial charge on any atom is 0.362 e. The molecule has 0 radical (unpaired) electrons. The lowest BCUT2D eigenvalue weighted by Crippen LogP contribution is -2.62. The molecule has 82 valence electrons. The first-order chi connectivity index (χ1) is 6.43. The molecule has 1 fully saturated rings. The Morgan fingerprint density at radius 1 is 1.29 bits per heavy atom. The highest BCUT2D eigenvalue weighted by Crippen LogP contribution is 2.33. The molecule has 0 bridgehead atoms. The van der Waals surface area contributed by atoms with Gasteiger partial charge in [-0.1, -0.05) is 0 Å². The second kappa shape index (κ2) is 3.89. The monoisotopic (exact) mass is 200 g/mol. The number of carboxylic acid groups (broad SMARTS) is 1. The number of carbonyl (C=O) groups is 1. The van der Waals surface area contributed by atoms with E-state index >= 15 is 0 Å². The maximum atomic E-state index is 11.2. The van der Waals surface area contributed by atoms with Gasteiger partial charge in [-0.2, -0.15) is 0 Å². The number of nitrogens with zero attached hydrogens (tertiary/aromatic N) is 1. The Bertz CT molecular complexity index is 215. The van der Waals surface area contributed by atoms with E-state index in [1.807, 2.05) is 0 Å². The van der Waals surface area contributed by atoms with Gasteiger partial charge >= 0.3 is 5.97 Å². The lowest BCUT2D eigenvalue weighted by Gasteiger charge is -2.45. The third-order valence-corrected chi connectivity index (χ3v) is 3.81. The predicted molar refractivity (Wildman–Crippen MR) is 56.1 cm³/mol. The fourth-order valence-electron chi connectivity index (χ4n) is 3.12. The first-order valence-corrected chi connectivity index (χ1v) is 5.52. The highest BCUT2D eigenvalue weighted by molar-refractivity contribution is 5.72. The van der Waals surface area contributed by atoms with Gasteiger partial charge in [-0.25, -0.2) is 4.79 Å². The van der Waals surface area contributed by atoms with Gasteiger partial charge in [0, 0.05) is 12.8 Å². The van der Waals surface area contributed by atoms with Gasteiger partial charge in [0.2, 0.25) is 0 Å². The second-order valence-electron chi connectivity index (χ2n) is 4.90. The molecular formula is C11H22NO2+. The highest BCUT2D eigenvalue weighted by atomic mass is 16.4. The van der Waals surface area contributed by atoms with E-state index in [0.717, 1.165) is 23.9 Å². The van der Waals surface area contributed by atoms with E-state index < -0.39 is 5.97 Å². The molecule has 0 aromatic rings. The Hall–Kier alpha value is -0.570. The van der Waals surface area contributed by atoms with Gasteiger partial charge in [-0.15, -0.1) is 0 Å². The van der Waals surface area contributed by atoms with Crippen LogP contribution in [-0.2, 0) is 4.79 Å². The van der Waals surface area contributed by atoms with Crippen molar-refractivity contribution in [3.05, 3.63) is 0 Å². The third kappa shape index (κ3) is 1.54. The van der Waals surface area contributed by atoms with Crippen LogP contribution in [0.25, 0.3) is 0 Å². The number of aliphatic carboxylic acids is 1. The van der Waals surface area contributed by atoms with Gasteiger partial charge < -0.3 is 9.59 Å². The third-order valence-electron chi connectivity index (χ3n) is 3.81. The molecule has 1 saturated heterocycles. The van der Waals surface area contributed by atoms with E-state index in [9.17, 15) is 9.90 Å². The van der Waals surface area contributed by atoms with Crippen LogP contribution in [0.4, 0.5) is 0 Å².